The zero-order valence-electron chi connectivity index (χ0n) is 15.0. The van der Waals surface area contributed by atoms with Crippen molar-refractivity contribution in [2.24, 2.45) is 0 Å². The van der Waals surface area contributed by atoms with E-state index < -0.39 is 0 Å². The summed E-state index contributed by atoms with van der Waals surface area (Å²) in [5.74, 6) is 0.889. The van der Waals surface area contributed by atoms with Crippen LogP contribution >= 0.6 is 11.3 Å². The van der Waals surface area contributed by atoms with Crippen LogP contribution < -0.4 is 10.1 Å². The number of aryl methyl sites for hydroxylation is 1. The lowest BCUT2D eigenvalue weighted by Gasteiger charge is -2.23. The van der Waals surface area contributed by atoms with Gasteiger partial charge in [0.05, 0.1) is 25.4 Å². The summed E-state index contributed by atoms with van der Waals surface area (Å²) in [7, 11) is 1.69. The molecule has 0 saturated carbocycles. The molecule has 4 rings (SSSR count). The predicted molar refractivity (Wildman–Crippen MR) is 103 cm³/mol. The molecule has 25 heavy (non-hydrogen) atoms. The van der Waals surface area contributed by atoms with Gasteiger partial charge in [-0.05, 0) is 49.7 Å². The SMILES string of the molecule is COc1ccc(N[C@H]2CO[C@@]3(CCN(Cc4ccc(C)s4)C3)C2)cc1. The molecule has 2 aromatic rings. The lowest BCUT2D eigenvalue weighted by molar-refractivity contribution is 0.0120. The van der Waals surface area contributed by atoms with Gasteiger partial charge in [-0.25, -0.2) is 0 Å². The minimum atomic E-state index is 0.0381. The summed E-state index contributed by atoms with van der Waals surface area (Å²) in [5.41, 5.74) is 1.17. The first-order valence-electron chi connectivity index (χ1n) is 8.96. The van der Waals surface area contributed by atoms with Gasteiger partial charge in [0.25, 0.3) is 0 Å². The average Bonchev–Trinajstić information content (AvgIpc) is 3.31. The fourth-order valence-corrected chi connectivity index (χ4v) is 4.93. The third-order valence-corrected chi connectivity index (χ3v) is 6.23. The Hall–Kier alpha value is -1.56. The molecule has 5 heteroatoms. The monoisotopic (exact) mass is 358 g/mol. The highest BCUT2D eigenvalue weighted by molar-refractivity contribution is 7.11. The second kappa shape index (κ2) is 6.98. The second-order valence-corrected chi connectivity index (χ2v) is 8.61. The zero-order chi connectivity index (χ0) is 17.3. The van der Waals surface area contributed by atoms with E-state index in [1.807, 2.05) is 23.5 Å². The Bertz CT molecular complexity index is 715. The van der Waals surface area contributed by atoms with Crippen LogP contribution in [0.2, 0.25) is 0 Å². The molecule has 1 aromatic heterocycles. The van der Waals surface area contributed by atoms with Crippen molar-refractivity contribution in [3.05, 3.63) is 46.2 Å². The number of thiophene rings is 1. The van der Waals surface area contributed by atoms with Crippen molar-refractivity contribution < 1.29 is 9.47 Å². The minimum absolute atomic E-state index is 0.0381. The topological polar surface area (TPSA) is 33.7 Å². The Kier molecular flexibility index (Phi) is 4.71. The number of hydrogen-bond donors (Lipinski definition) is 1. The van der Waals surface area contributed by atoms with Gasteiger partial charge in [0.2, 0.25) is 0 Å². The number of nitrogens with zero attached hydrogens (tertiary/aromatic N) is 1. The van der Waals surface area contributed by atoms with E-state index in [1.54, 1.807) is 7.11 Å². The lowest BCUT2D eigenvalue weighted by atomic mass is 9.97. The van der Waals surface area contributed by atoms with Crippen molar-refractivity contribution >= 4 is 17.0 Å². The summed E-state index contributed by atoms with van der Waals surface area (Å²) < 4.78 is 11.5. The third-order valence-electron chi connectivity index (χ3n) is 5.24. The summed E-state index contributed by atoms with van der Waals surface area (Å²) in [5, 5.41) is 3.61. The summed E-state index contributed by atoms with van der Waals surface area (Å²) in [4.78, 5) is 5.39. The molecule has 2 saturated heterocycles. The zero-order valence-corrected chi connectivity index (χ0v) is 15.8. The Morgan fingerprint density at radius 2 is 2.12 bits per heavy atom. The molecule has 2 aliphatic heterocycles. The van der Waals surface area contributed by atoms with Crippen molar-refractivity contribution in [3.8, 4) is 5.75 Å². The minimum Gasteiger partial charge on any atom is -0.497 e. The van der Waals surface area contributed by atoms with Crippen LogP contribution in [-0.4, -0.2) is 43.3 Å². The Balaban J connectivity index is 1.32. The number of benzene rings is 1. The molecule has 2 aliphatic rings. The number of rotatable bonds is 5. The maximum absolute atomic E-state index is 6.28. The quantitative estimate of drug-likeness (QED) is 0.879. The molecule has 0 aliphatic carbocycles. The molecular weight excluding hydrogens is 332 g/mol. The number of nitrogens with one attached hydrogen (secondary N) is 1. The number of anilines is 1. The van der Waals surface area contributed by atoms with Crippen molar-refractivity contribution in [3.63, 3.8) is 0 Å². The van der Waals surface area contributed by atoms with E-state index in [9.17, 15) is 0 Å². The van der Waals surface area contributed by atoms with E-state index in [0.29, 0.717) is 6.04 Å². The Labute approximate surface area is 153 Å². The summed E-state index contributed by atoms with van der Waals surface area (Å²) in [6, 6.07) is 13.0. The van der Waals surface area contributed by atoms with Gasteiger partial charge in [-0.3, -0.25) is 4.90 Å². The van der Waals surface area contributed by atoms with E-state index in [1.165, 1.54) is 9.75 Å². The van der Waals surface area contributed by atoms with E-state index in [4.69, 9.17) is 9.47 Å². The molecule has 0 amide bonds. The molecule has 1 spiro atoms. The van der Waals surface area contributed by atoms with Crippen LogP contribution in [0, 0.1) is 6.92 Å². The molecule has 134 valence electrons. The van der Waals surface area contributed by atoms with Crippen LogP contribution in [0.25, 0.3) is 0 Å². The molecule has 1 aromatic carbocycles. The first-order valence-corrected chi connectivity index (χ1v) is 9.78. The summed E-state index contributed by atoms with van der Waals surface area (Å²) in [6.45, 7) is 6.20. The highest BCUT2D eigenvalue weighted by Gasteiger charge is 2.45. The van der Waals surface area contributed by atoms with Crippen molar-refractivity contribution in [2.45, 2.75) is 38.0 Å². The van der Waals surface area contributed by atoms with Crippen LogP contribution in [0.5, 0.6) is 5.75 Å². The van der Waals surface area contributed by atoms with Crippen LogP contribution in [0.3, 0.4) is 0 Å². The van der Waals surface area contributed by atoms with Gasteiger partial charge in [-0.2, -0.15) is 0 Å². The maximum atomic E-state index is 6.28. The predicted octanol–water partition coefficient (Wildman–Crippen LogP) is 3.91. The highest BCUT2D eigenvalue weighted by Crippen LogP contribution is 2.37. The number of hydrogen-bond acceptors (Lipinski definition) is 5. The molecule has 3 heterocycles. The van der Waals surface area contributed by atoms with Crippen LogP contribution in [0.1, 0.15) is 22.6 Å². The molecule has 0 bridgehead atoms. The molecule has 0 unspecified atom stereocenters. The fourth-order valence-electron chi connectivity index (χ4n) is 4.00. The normalized spacial score (nSPS) is 26.4. The van der Waals surface area contributed by atoms with Gasteiger partial charge < -0.3 is 14.8 Å². The lowest BCUT2D eigenvalue weighted by Crippen LogP contribution is -2.33. The smallest absolute Gasteiger partial charge is 0.119 e. The van der Waals surface area contributed by atoms with Gasteiger partial charge in [-0.1, -0.05) is 0 Å². The van der Waals surface area contributed by atoms with Gasteiger partial charge in [0, 0.05) is 41.5 Å². The standard InChI is InChI=1S/C20H26N2O2S/c1-15-3-8-19(25-15)12-22-10-9-20(14-22)11-17(13-24-20)21-16-4-6-18(23-2)7-5-16/h3-8,17,21H,9-14H2,1-2H3/t17-,20+/m1/s1. The largest absolute Gasteiger partial charge is 0.497 e. The number of methoxy groups -OCH3 is 1. The van der Waals surface area contributed by atoms with Crippen LogP contribution in [0.15, 0.2) is 36.4 Å². The molecule has 2 atom stereocenters. The van der Waals surface area contributed by atoms with Gasteiger partial charge >= 0.3 is 0 Å². The van der Waals surface area contributed by atoms with E-state index in [-0.39, 0.29) is 5.60 Å². The maximum Gasteiger partial charge on any atom is 0.119 e. The second-order valence-electron chi connectivity index (χ2n) is 7.24. The fraction of sp³-hybridized carbons (Fsp3) is 0.500. The van der Waals surface area contributed by atoms with Gasteiger partial charge in [-0.15, -0.1) is 11.3 Å². The first-order chi connectivity index (χ1) is 12.1. The molecule has 0 radical (unpaired) electrons. The van der Waals surface area contributed by atoms with Crippen LogP contribution in [-0.2, 0) is 11.3 Å². The first kappa shape index (κ1) is 16.9. The average molecular weight is 359 g/mol. The van der Waals surface area contributed by atoms with Crippen molar-refractivity contribution in [1.82, 2.24) is 4.90 Å². The van der Waals surface area contributed by atoms with Crippen molar-refractivity contribution in [1.29, 1.82) is 0 Å². The number of ether oxygens (including phenoxy) is 2. The molecular formula is C20H26N2O2S. The third kappa shape index (κ3) is 3.84. The van der Waals surface area contributed by atoms with Crippen molar-refractivity contribution in [2.75, 3.05) is 32.1 Å². The van der Waals surface area contributed by atoms with E-state index in [0.717, 1.165) is 50.5 Å². The van der Waals surface area contributed by atoms with E-state index in [2.05, 4.69) is 41.4 Å². The summed E-state index contributed by atoms with van der Waals surface area (Å²) >= 11 is 1.91. The van der Waals surface area contributed by atoms with Gasteiger partial charge in [0.1, 0.15) is 5.75 Å². The van der Waals surface area contributed by atoms with Gasteiger partial charge in [0.15, 0.2) is 0 Å². The molecule has 2 fully saturated rings. The Morgan fingerprint density at radius 1 is 1.28 bits per heavy atom. The number of likely N-dealkylation sites (tertiary alicyclic amines) is 1. The molecule has 4 nitrogen and oxygen atoms in total. The summed E-state index contributed by atoms with van der Waals surface area (Å²) in [6.07, 6.45) is 2.22. The molecule has 1 N–H and O–H groups in total. The van der Waals surface area contributed by atoms with Crippen LogP contribution in [0.4, 0.5) is 5.69 Å². The highest BCUT2D eigenvalue weighted by atomic mass is 32.1. The van der Waals surface area contributed by atoms with E-state index >= 15 is 0 Å². The Morgan fingerprint density at radius 3 is 2.84 bits per heavy atom.